The van der Waals surface area contributed by atoms with Crippen LogP contribution in [0.15, 0.2) is 265 Å². The zero-order chi connectivity index (χ0) is 46.1. The molecule has 14 aromatic rings. The van der Waals surface area contributed by atoms with Gasteiger partial charge in [-0.3, -0.25) is 0 Å². The molecule has 0 fully saturated rings. The van der Waals surface area contributed by atoms with Gasteiger partial charge >= 0.3 is 0 Å². The summed E-state index contributed by atoms with van der Waals surface area (Å²) in [5, 5.41) is 9.52. The van der Waals surface area contributed by atoms with Gasteiger partial charge in [-0.25, -0.2) is 0 Å². The van der Waals surface area contributed by atoms with Crippen LogP contribution in [0.2, 0.25) is 0 Å². The third-order valence-electron chi connectivity index (χ3n) is 14.3. The average molecular weight is 890 g/mol. The number of fused-ring (bicyclic) bond motifs is 8. The summed E-state index contributed by atoms with van der Waals surface area (Å²) in [7, 11) is 0. The molecular weight excluding hydrogens is 847 g/mol. The fourth-order valence-electron chi connectivity index (χ4n) is 11.2. The number of hydrogen-bond donors (Lipinski definition) is 0. The highest BCUT2D eigenvalue weighted by Gasteiger charge is 2.23. The Morgan fingerprint density at radius 1 is 0.229 bits per heavy atom. The third-order valence-corrected chi connectivity index (χ3v) is 14.3. The summed E-state index contributed by atoms with van der Waals surface area (Å²) in [6.45, 7) is 0. The fraction of sp³-hybridized carbons (Fsp3) is 0. The first-order valence-corrected chi connectivity index (χ1v) is 24.1. The predicted molar refractivity (Wildman–Crippen MR) is 296 cm³/mol. The van der Waals surface area contributed by atoms with E-state index in [-0.39, 0.29) is 0 Å². The number of hydrogen-bond acceptors (Lipinski definition) is 1. The Balaban J connectivity index is 1.05. The van der Waals surface area contributed by atoms with Crippen LogP contribution in [-0.4, -0.2) is 4.57 Å². The second kappa shape index (κ2) is 16.2. The standard InChI is InChI=1S/C68H43NO/c1-6-20-44(21-7-1)50-38-58(46-24-10-3-11-25-46)67-61(40-50)62-41-51(45-22-8-2-9-23-45)39-59(68(62)70-67)49-34-36-54-53-30-18-19-33-63(53)69(64(54)42-49)52-35-37-57-60(43-52)66(48-28-14-5-15-29-48)56-32-17-16-31-55(56)65(57)47-26-12-4-13-27-47/h1-43H. The number of rotatable bonds is 7. The first-order chi connectivity index (χ1) is 34.7. The number of para-hydroxylation sites is 1. The highest BCUT2D eigenvalue weighted by atomic mass is 16.3. The van der Waals surface area contributed by atoms with E-state index in [1.165, 1.54) is 60.1 Å². The second-order valence-electron chi connectivity index (χ2n) is 18.3. The molecule has 0 aliphatic heterocycles. The van der Waals surface area contributed by atoms with Crippen molar-refractivity contribution in [2.24, 2.45) is 0 Å². The van der Waals surface area contributed by atoms with Gasteiger partial charge in [-0.15, -0.1) is 0 Å². The van der Waals surface area contributed by atoms with Crippen LogP contribution in [0.3, 0.4) is 0 Å². The van der Waals surface area contributed by atoms with Crippen molar-refractivity contribution in [1.82, 2.24) is 4.57 Å². The van der Waals surface area contributed by atoms with Crippen molar-refractivity contribution in [3.8, 4) is 72.4 Å². The lowest BCUT2D eigenvalue weighted by Crippen LogP contribution is -1.96. The molecule has 0 aliphatic carbocycles. The normalized spacial score (nSPS) is 11.7. The van der Waals surface area contributed by atoms with Gasteiger partial charge in [0.1, 0.15) is 11.2 Å². The predicted octanol–water partition coefficient (Wildman–Crippen LogP) is 19.0. The lowest BCUT2D eigenvalue weighted by atomic mass is 9.86. The molecule has 0 spiro atoms. The van der Waals surface area contributed by atoms with Crippen LogP contribution in [0.25, 0.3) is 138 Å². The SMILES string of the molecule is c1ccc(-c2cc(-c3ccccc3)c3oc4c(-c5ccc6c7ccccc7n(-c7ccc8c(-c9ccccc9)c9ccccc9c(-c9ccccc9)c8c7)c6c5)cc(-c5ccccc5)cc4c3c2)cc1. The molecule has 2 aromatic heterocycles. The van der Waals surface area contributed by atoms with Gasteiger partial charge in [0, 0.05) is 38.4 Å². The minimum Gasteiger partial charge on any atom is -0.455 e. The van der Waals surface area contributed by atoms with Crippen LogP contribution in [0, 0.1) is 0 Å². The largest absolute Gasteiger partial charge is 0.455 e. The molecule has 0 unspecified atom stereocenters. The molecule has 2 nitrogen and oxygen atoms in total. The van der Waals surface area contributed by atoms with Crippen molar-refractivity contribution in [1.29, 1.82) is 0 Å². The molecule has 12 aromatic carbocycles. The molecule has 0 atom stereocenters. The van der Waals surface area contributed by atoms with Gasteiger partial charge < -0.3 is 8.98 Å². The van der Waals surface area contributed by atoms with Gasteiger partial charge in [-0.05, 0) is 126 Å². The number of benzene rings is 12. The van der Waals surface area contributed by atoms with Crippen molar-refractivity contribution < 1.29 is 4.42 Å². The van der Waals surface area contributed by atoms with Gasteiger partial charge in [0.25, 0.3) is 0 Å². The minimum absolute atomic E-state index is 0.873. The number of nitrogens with zero attached hydrogens (tertiary/aromatic N) is 1. The van der Waals surface area contributed by atoms with Crippen LogP contribution in [-0.2, 0) is 0 Å². The molecule has 326 valence electrons. The van der Waals surface area contributed by atoms with E-state index in [4.69, 9.17) is 4.42 Å². The quantitative estimate of drug-likeness (QED) is 0.146. The van der Waals surface area contributed by atoms with E-state index >= 15 is 0 Å². The van der Waals surface area contributed by atoms with E-state index in [0.717, 1.165) is 77.6 Å². The summed E-state index contributed by atoms with van der Waals surface area (Å²) in [6, 6.07) is 94.9. The summed E-state index contributed by atoms with van der Waals surface area (Å²) in [6.07, 6.45) is 0. The van der Waals surface area contributed by atoms with Crippen molar-refractivity contribution >= 4 is 65.3 Å². The molecule has 0 N–H and O–H groups in total. The second-order valence-corrected chi connectivity index (χ2v) is 18.3. The fourth-order valence-corrected chi connectivity index (χ4v) is 11.2. The van der Waals surface area contributed by atoms with E-state index in [0.29, 0.717) is 0 Å². The van der Waals surface area contributed by atoms with Crippen LogP contribution in [0.1, 0.15) is 0 Å². The van der Waals surface area contributed by atoms with E-state index in [9.17, 15) is 0 Å². The van der Waals surface area contributed by atoms with Crippen molar-refractivity contribution in [2.75, 3.05) is 0 Å². The lowest BCUT2D eigenvalue weighted by molar-refractivity contribution is 0.671. The van der Waals surface area contributed by atoms with Crippen LogP contribution >= 0.6 is 0 Å². The summed E-state index contributed by atoms with van der Waals surface area (Å²) >= 11 is 0. The Bertz CT molecular complexity index is 4300. The van der Waals surface area contributed by atoms with Gasteiger partial charge in [-0.1, -0.05) is 212 Å². The number of furan rings is 1. The molecule has 14 rings (SSSR count). The van der Waals surface area contributed by atoms with Crippen molar-refractivity contribution in [2.45, 2.75) is 0 Å². The average Bonchev–Trinajstić information content (AvgIpc) is 3.98. The maximum absolute atomic E-state index is 7.27. The Morgan fingerprint density at radius 2 is 0.643 bits per heavy atom. The molecule has 0 aliphatic rings. The Kier molecular flexibility index (Phi) is 9.25. The zero-order valence-electron chi connectivity index (χ0n) is 38.2. The molecule has 0 bridgehead atoms. The van der Waals surface area contributed by atoms with Gasteiger partial charge in [0.2, 0.25) is 0 Å². The van der Waals surface area contributed by atoms with E-state index < -0.39 is 0 Å². The highest BCUT2D eigenvalue weighted by Crippen LogP contribution is 2.48. The Labute approximate surface area is 405 Å². The minimum atomic E-state index is 0.873. The van der Waals surface area contributed by atoms with E-state index in [2.05, 4.69) is 265 Å². The molecule has 0 saturated heterocycles. The van der Waals surface area contributed by atoms with Gasteiger partial charge in [0.15, 0.2) is 0 Å². The topological polar surface area (TPSA) is 18.1 Å². The number of aromatic nitrogens is 1. The maximum atomic E-state index is 7.27. The Hall–Kier alpha value is -9.24. The Morgan fingerprint density at radius 3 is 1.20 bits per heavy atom. The highest BCUT2D eigenvalue weighted by molar-refractivity contribution is 6.22. The first kappa shape index (κ1) is 39.9. The molecule has 0 radical (unpaired) electrons. The van der Waals surface area contributed by atoms with Crippen molar-refractivity contribution in [3.63, 3.8) is 0 Å². The summed E-state index contributed by atoms with van der Waals surface area (Å²) in [5.74, 6) is 0. The van der Waals surface area contributed by atoms with Crippen LogP contribution in [0.5, 0.6) is 0 Å². The van der Waals surface area contributed by atoms with Crippen molar-refractivity contribution in [3.05, 3.63) is 261 Å². The maximum Gasteiger partial charge on any atom is 0.143 e. The molecule has 2 heterocycles. The smallest absolute Gasteiger partial charge is 0.143 e. The molecule has 0 amide bonds. The molecule has 0 saturated carbocycles. The lowest BCUT2D eigenvalue weighted by Gasteiger charge is -2.19. The van der Waals surface area contributed by atoms with Crippen LogP contribution in [0.4, 0.5) is 0 Å². The zero-order valence-corrected chi connectivity index (χ0v) is 38.2. The monoisotopic (exact) mass is 889 g/mol. The van der Waals surface area contributed by atoms with Gasteiger partial charge in [-0.2, -0.15) is 0 Å². The van der Waals surface area contributed by atoms with E-state index in [1.54, 1.807) is 0 Å². The van der Waals surface area contributed by atoms with E-state index in [1.807, 2.05) is 0 Å². The first-order valence-electron chi connectivity index (χ1n) is 24.1. The van der Waals surface area contributed by atoms with Gasteiger partial charge in [0.05, 0.1) is 11.0 Å². The molecule has 2 heteroatoms. The third kappa shape index (κ3) is 6.42. The molecular formula is C68H43NO. The summed E-state index contributed by atoms with van der Waals surface area (Å²) < 4.78 is 9.74. The summed E-state index contributed by atoms with van der Waals surface area (Å²) in [5.41, 5.74) is 19.0. The van der Waals surface area contributed by atoms with Crippen LogP contribution < -0.4 is 0 Å². The summed E-state index contributed by atoms with van der Waals surface area (Å²) in [4.78, 5) is 0. The molecule has 70 heavy (non-hydrogen) atoms.